The molecule has 0 saturated heterocycles. The number of hydrogen-bond acceptors (Lipinski definition) is 3. The zero-order chi connectivity index (χ0) is 20.1. The summed E-state index contributed by atoms with van der Waals surface area (Å²) < 4.78 is 1.91. The molecule has 0 atom stereocenters. The summed E-state index contributed by atoms with van der Waals surface area (Å²) in [5, 5.41) is 13.5. The molecular formula is C23H22N4O. The van der Waals surface area contributed by atoms with Crippen molar-refractivity contribution in [3.8, 4) is 11.8 Å². The van der Waals surface area contributed by atoms with E-state index >= 15 is 0 Å². The Morgan fingerprint density at radius 2 is 1.82 bits per heavy atom. The summed E-state index contributed by atoms with van der Waals surface area (Å²) in [7, 11) is 1.78. The Kier molecular flexibility index (Phi) is 5.71. The van der Waals surface area contributed by atoms with E-state index in [4.69, 9.17) is 5.26 Å². The van der Waals surface area contributed by atoms with Gasteiger partial charge in [0.1, 0.15) is 0 Å². The maximum absolute atomic E-state index is 12.5. The van der Waals surface area contributed by atoms with E-state index in [-0.39, 0.29) is 5.91 Å². The number of rotatable bonds is 5. The molecule has 5 nitrogen and oxygen atoms in total. The monoisotopic (exact) mass is 370 g/mol. The van der Waals surface area contributed by atoms with Crippen LogP contribution in [0.2, 0.25) is 0 Å². The van der Waals surface area contributed by atoms with Crippen LogP contribution in [0.4, 0.5) is 0 Å². The number of nitrogens with zero attached hydrogens (tertiary/aromatic N) is 4. The largest absolute Gasteiger partial charge is 0.338 e. The summed E-state index contributed by atoms with van der Waals surface area (Å²) in [5.41, 5.74) is 5.47. The Hall–Kier alpha value is -3.65. The summed E-state index contributed by atoms with van der Waals surface area (Å²) in [6, 6.07) is 19.2. The molecule has 0 bridgehead atoms. The lowest BCUT2D eigenvalue weighted by atomic mass is 10.1. The Labute approximate surface area is 165 Å². The molecule has 1 aromatic heterocycles. The van der Waals surface area contributed by atoms with Crippen molar-refractivity contribution < 1.29 is 4.79 Å². The Bertz CT molecular complexity index is 1040. The lowest BCUT2D eigenvalue weighted by molar-refractivity contribution is -0.125. The first-order valence-corrected chi connectivity index (χ1v) is 9.03. The van der Waals surface area contributed by atoms with E-state index in [9.17, 15) is 4.79 Å². The molecule has 1 amide bonds. The van der Waals surface area contributed by atoms with E-state index in [0.29, 0.717) is 12.1 Å². The van der Waals surface area contributed by atoms with Crippen LogP contribution in [0, 0.1) is 25.2 Å². The topological polar surface area (TPSA) is 61.9 Å². The molecule has 2 aromatic carbocycles. The van der Waals surface area contributed by atoms with Gasteiger partial charge in [0.25, 0.3) is 0 Å². The highest BCUT2D eigenvalue weighted by Gasteiger charge is 2.16. The standard InChI is InChI=1S/C23H22N4O/c1-17-22(18(2)27(25-17)21-7-5-4-6-8-21)16-26(3)23(28)14-13-19-9-11-20(15-24)12-10-19/h4-14H,16H2,1-3H3. The van der Waals surface area contributed by atoms with Gasteiger partial charge < -0.3 is 4.90 Å². The molecule has 3 aromatic rings. The van der Waals surface area contributed by atoms with Gasteiger partial charge in [0, 0.05) is 30.9 Å². The number of carbonyl (C=O) groups is 1. The number of carbonyl (C=O) groups excluding carboxylic acids is 1. The van der Waals surface area contributed by atoms with E-state index < -0.39 is 0 Å². The van der Waals surface area contributed by atoms with Crippen LogP contribution in [-0.2, 0) is 11.3 Å². The van der Waals surface area contributed by atoms with Gasteiger partial charge in [-0.3, -0.25) is 4.79 Å². The Balaban J connectivity index is 1.72. The number of nitriles is 1. The zero-order valence-corrected chi connectivity index (χ0v) is 16.3. The van der Waals surface area contributed by atoms with Gasteiger partial charge in [-0.1, -0.05) is 30.3 Å². The highest BCUT2D eigenvalue weighted by atomic mass is 16.2. The van der Waals surface area contributed by atoms with Crippen molar-refractivity contribution in [2.24, 2.45) is 0 Å². The second kappa shape index (κ2) is 8.36. The fourth-order valence-corrected chi connectivity index (χ4v) is 3.00. The average Bonchev–Trinajstić information content (AvgIpc) is 3.01. The molecule has 1 heterocycles. The minimum Gasteiger partial charge on any atom is -0.338 e. The van der Waals surface area contributed by atoms with E-state index in [0.717, 1.165) is 28.2 Å². The van der Waals surface area contributed by atoms with E-state index in [1.165, 1.54) is 0 Å². The number of amides is 1. The van der Waals surface area contributed by atoms with Crippen LogP contribution in [0.3, 0.4) is 0 Å². The van der Waals surface area contributed by atoms with Gasteiger partial charge in [-0.25, -0.2) is 4.68 Å². The van der Waals surface area contributed by atoms with Crippen molar-refractivity contribution in [1.29, 1.82) is 5.26 Å². The molecule has 0 N–H and O–H groups in total. The van der Waals surface area contributed by atoms with E-state index in [1.807, 2.05) is 61.0 Å². The lowest BCUT2D eigenvalue weighted by Crippen LogP contribution is -2.24. The molecular weight excluding hydrogens is 348 g/mol. The molecule has 0 aliphatic carbocycles. The summed E-state index contributed by atoms with van der Waals surface area (Å²) in [6.45, 7) is 4.47. The number of benzene rings is 2. The maximum Gasteiger partial charge on any atom is 0.246 e. The molecule has 0 radical (unpaired) electrons. The van der Waals surface area contributed by atoms with Crippen LogP contribution in [-0.4, -0.2) is 27.6 Å². The van der Waals surface area contributed by atoms with Gasteiger partial charge in [-0.2, -0.15) is 10.4 Å². The van der Waals surface area contributed by atoms with Crippen molar-refractivity contribution in [2.45, 2.75) is 20.4 Å². The van der Waals surface area contributed by atoms with Crippen molar-refractivity contribution in [1.82, 2.24) is 14.7 Å². The highest BCUT2D eigenvalue weighted by Crippen LogP contribution is 2.19. The molecule has 140 valence electrons. The van der Waals surface area contributed by atoms with Crippen LogP contribution in [0.5, 0.6) is 0 Å². The molecule has 0 spiro atoms. The average molecular weight is 370 g/mol. The number of likely N-dealkylation sites (N-methyl/N-ethyl adjacent to an activating group) is 1. The van der Waals surface area contributed by atoms with Gasteiger partial charge in [-0.05, 0) is 49.8 Å². The first-order valence-electron chi connectivity index (χ1n) is 9.03. The second-order valence-electron chi connectivity index (χ2n) is 6.66. The van der Waals surface area contributed by atoms with E-state index in [1.54, 1.807) is 36.2 Å². The third-order valence-corrected chi connectivity index (χ3v) is 4.67. The summed E-state index contributed by atoms with van der Waals surface area (Å²) >= 11 is 0. The molecule has 0 aliphatic heterocycles. The van der Waals surface area contributed by atoms with Crippen LogP contribution in [0.15, 0.2) is 60.7 Å². The van der Waals surface area contributed by atoms with E-state index in [2.05, 4.69) is 11.2 Å². The fourth-order valence-electron chi connectivity index (χ4n) is 3.00. The van der Waals surface area contributed by atoms with Crippen LogP contribution >= 0.6 is 0 Å². The van der Waals surface area contributed by atoms with Gasteiger partial charge in [-0.15, -0.1) is 0 Å². The van der Waals surface area contributed by atoms with Crippen LogP contribution in [0.1, 0.15) is 28.1 Å². The molecule has 3 rings (SSSR count). The zero-order valence-electron chi connectivity index (χ0n) is 16.3. The number of aryl methyl sites for hydroxylation is 1. The highest BCUT2D eigenvalue weighted by molar-refractivity contribution is 5.91. The van der Waals surface area contributed by atoms with Gasteiger partial charge in [0.05, 0.1) is 23.0 Å². The van der Waals surface area contributed by atoms with Crippen molar-refractivity contribution >= 4 is 12.0 Å². The first kappa shape index (κ1) is 19.1. The fraction of sp³-hybridized carbons (Fsp3) is 0.174. The second-order valence-corrected chi connectivity index (χ2v) is 6.66. The van der Waals surface area contributed by atoms with Crippen LogP contribution in [0.25, 0.3) is 11.8 Å². The van der Waals surface area contributed by atoms with Crippen molar-refractivity contribution in [3.05, 3.63) is 88.8 Å². The molecule has 0 unspecified atom stereocenters. The summed E-state index contributed by atoms with van der Waals surface area (Å²) in [4.78, 5) is 14.2. The minimum absolute atomic E-state index is 0.0874. The van der Waals surface area contributed by atoms with Gasteiger partial charge in [0.15, 0.2) is 0 Å². The van der Waals surface area contributed by atoms with Crippen LogP contribution < -0.4 is 0 Å². The summed E-state index contributed by atoms with van der Waals surface area (Å²) in [5.74, 6) is -0.0874. The van der Waals surface area contributed by atoms with Gasteiger partial charge in [0.2, 0.25) is 5.91 Å². The third kappa shape index (κ3) is 4.18. The SMILES string of the molecule is Cc1nn(-c2ccccc2)c(C)c1CN(C)C(=O)C=Cc1ccc(C#N)cc1. The molecule has 5 heteroatoms. The summed E-state index contributed by atoms with van der Waals surface area (Å²) in [6.07, 6.45) is 3.31. The van der Waals surface area contributed by atoms with Gasteiger partial charge >= 0.3 is 0 Å². The molecule has 0 fully saturated rings. The predicted molar refractivity (Wildman–Crippen MR) is 110 cm³/mol. The lowest BCUT2D eigenvalue weighted by Gasteiger charge is -2.15. The Morgan fingerprint density at radius 1 is 1.14 bits per heavy atom. The molecule has 0 aliphatic rings. The number of hydrogen-bond donors (Lipinski definition) is 0. The number of aromatic nitrogens is 2. The Morgan fingerprint density at radius 3 is 2.46 bits per heavy atom. The quantitative estimate of drug-likeness (QED) is 0.637. The smallest absolute Gasteiger partial charge is 0.246 e. The predicted octanol–water partition coefficient (Wildman–Crippen LogP) is 4.03. The van der Waals surface area contributed by atoms with Crippen molar-refractivity contribution in [2.75, 3.05) is 7.05 Å². The first-order chi connectivity index (χ1) is 13.5. The normalized spacial score (nSPS) is 10.8. The maximum atomic E-state index is 12.5. The minimum atomic E-state index is -0.0874. The number of para-hydroxylation sites is 1. The molecule has 28 heavy (non-hydrogen) atoms. The molecule has 0 saturated carbocycles. The van der Waals surface area contributed by atoms with Crippen molar-refractivity contribution in [3.63, 3.8) is 0 Å². The third-order valence-electron chi connectivity index (χ3n) is 4.67.